The second-order valence-electron chi connectivity index (χ2n) is 7.16. The minimum Gasteiger partial charge on any atom is -0.345 e. The Labute approximate surface area is 178 Å². The summed E-state index contributed by atoms with van der Waals surface area (Å²) >= 11 is 0. The summed E-state index contributed by atoms with van der Waals surface area (Å²) in [5, 5.41) is 5.65. The number of aryl methyl sites for hydroxylation is 1. The molecule has 0 aliphatic rings. The number of amides is 2. The summed E-state index contributed by atoms with van der Waals surface area (Å²) in [5.74, 6) is -0.281. The van der Waals surface area contributed by atoms with Crippen molar-refractivity contribution in [2.24, 2.45) is 0 Å². The maximum Gasteiger partial charge on any atom is 0.251 e. The van der Waals surface area contributed by atoms with Gasteiger partial charge >= 0.3 is 0 Å². The maximum absolute atomic E-state index is 13.1. The number of anilines is 1. The number of hydrogen-bond acceptors (Lipinski definition) is 3. The lowest BCUT2D eigenvalue weighted by atomic mass is 10.1. The summed E-state index contributed by atoms with van der Waals surface area (Å²) in [6.07, 6.45) is 0. The van der Waals surface area contributed by atoms with Crippen LogP contribution in [0.3, 0.4) is 0 Å². The summed E-state index contributed by atoms with van der Waals surface area (Å²) in [7, 11) is 0. The summed E-state index contributed by atoms with van der Waals surface area (Å²) < 4.78 is 14.9. The zero-order valence-electron chi connectivity index (χ0n) is 16.9. The van der Waals surface area contributed by atoms with Crippen LogP contribution in [0, 0.1) is 12.7 Å². The van der Waals surface area contributed by atoms with Crippen molar-refractivity contribution >= 4 is 28.5 Å². The fraction of sp³-hybridized carbons (Fsp3) is 0.125. The van der Waals surface area contributed by atoms with Crippen LogP contribution in [0.4, 0.5) is 10.1 Å². The lowest BCUT2D eigenvalue weighted by molar-refractivity contribution is -0.116. The van der Waals surface area contributed by atoms with Crippen molar-refractivity contribution in [2.45, 2.75) is 20.0 Å². The first-order valence-electron chi connectivity index (χ1n) is 9.84. The number of aromatic nitrogens is 2. The Bertz CT molecular complexity index is 1250. The number of imidazole rings is 1. The molecule has 0 aliphatic heterocycles. The van der Waals surface area contributed by atoms with Crippen LogP contribution in [0.2, 0.25) is 0 Å². The van der Waals surface area contributed by atoms with Crippen molar-refractivity contribution in [2.75, 3.05) is 5.32 Å². The summed E-state index contributed by atoms with van der Waals surface area (Å²) in [4.78, 5) is 29.8. The second kappa shape index (κ2) is 8.79. The van der Waals surface area contributed by atoms with E-state index in [4.69, 9.17) is 0 Å². The molecule has 0 spiro atoms. The SMILES string of the molecule is Cc1ccccc1C(=O)NCc1nc2ccccc2n1CC(=O)Nc1ccc(F)cc1. The van der Waals surface area contributed by atoms with Gasteiger partial charge in [-0.3, -0.25) is 9.59 Å². The zero-order valence-corrected chi connectivity index (χ0v) is 16.9. The molecule has 0 fully saturated rings. The molecule has 0 saturated carbocycles. The highest BCUT2D eigenvalue weighted by Crippen LogP contribution is 2.17. The van der Waals surface area contributed by atoms with E-state index in [0.717, 1.165) is 16.6 Å². The van der Waals surface area contributed by atoms with Crippen LogP contribution in [-0.4, -0.2) is 21.4 Å². The van der Waals surface area contributed by atoms with Gasteiger partial charge in [0.05, 0.1) is 17.6 Å². The summed E-state index contributed by atoms with van der Waals surface area (Å²) in [6.45, 7) is 2.06. The fourth-order valence-corrected chi connectivity index (χ4v) is 3.40. The maximum atomic E-state index is 13.1. The van der Waals surface area contributed by atoms with E-state index < -0.39 is 0 Å². The highest BCUT2D eigenvalue weighted by Gasteiger charge is 2.15. The molecule has 2 amide bonds. The Morgan fingerprint density at radius 3 is 2.45 bits per heavy atom. The highest BCUT2D eigenvalue weighted by atomic mass is 19.1. The summed E-state index contributed by atoms with van der Waals surface area (Å²) in [6, 6.07) is 20.4. The van der Waals surface area contributed by atoms with E-state index in [2.05, 4.69) is 15.6 Å². The quantitative estimate of drug-likeness (QED) is 0.498. The minimum atomic E-state index is -0.370. The lowest BCUT2D eigenvalue weighted by Gasteiger charge is -2.11. The predicted octanol–water partition coefficient (Wildman–Crippen LogP) is 4.05. The number of hydrogen-bond donors (Lipinski definition) is 2. The topological polar surface area (TPSA) is 76.0 Å². The average Bonchev–Trinajstić information content (AvgIpc) is 3.11. The van der Waals surface area contributed by atoms with E-state index in [1.54, 1.807) is 10.6 Å². The molecule has 156 valence electrons. The standard InChI is InChI=1S/C24H21FN4O2/c1-16-6-2-3-7-19(16)24(31)26-14-22-28-20-8-4-5-9-21(20)29(22)15-23(30)27-18-12-10-17(25)11-13-18/h2-13H,14-15H2,1H3,(H,26,31)(H,27,30). The zero-order chi connectivity index (χ0) is 21.8. The van der Waals surface area contributed by atoms with Gasteiger partial charge in [-0.05, 0) is 55.0 Å². The number of nitrogens with one attached hydrogen (secondary N) is 2. The van der Waals surface area contributed by atoms with E-state index in [-0.39, 0.29) is 30.7 Å². The number of carbonyl (C=O) groups excluding carboxylic acids is 2. The molecule has 0 saturated heterocycles. The lowest BCUT2D eigenvalue weighted by Crippen LogP contribution is -2.27. The summed E-state index contributed by atoms with van der Waals surface area (Å²) in [5.41, 5.74) is 3.51. The molecule has 4 rings (SSSR count). The van der Waals surface area contributed by atoms with Crippen LogP contribution in [0.25, 0.3) is 11.0 Å². The van der Waals surface area contributed by atoms with Gasteiger partial charge in [-0.25, -0.2) is 9.37 Å². The van der Waals surface area contributed by atoms with Crippen molar-refractivity contribution in [3.8, 4) is 0 Å². The average molecular weight is 416 g/mol. The second-order valence-corrected chi connectivity index (χ2v) is 7.16. The van der Waals surface area contributed by atoms with Gasteiger partial charge in [-0.1, -0.05) is 30.3 Å². The van der Waals surface area contributed by atoms with Gasteiger partial charge in [0, 0.05) is 11.3 Å². The Balaban J connectivity index is 1.54. The minimum absolute atomic E-state index is 0.00740. The third-order valence-electron chi connectivity index (χ3n) is 4.96. The van der Waals surface area contributed by atoms with Crippen molar-refractivity contribution in [1.29, 1.82) is 0 Å². The van der Waals surface area contributed by atoms with Gasteiger partial charge in [0.2, 0.25) is 5.91 Å². The van der Waals surface area contributed by atoms with Crippen LogP contribution in [0.5, 0.6) is 0 Å². The number of para-hydroxylation sites is 2. The van der Waals surface area contributed by atoms with Gasteiger partial charge in [-0.2, -0.15) is 0 Å². The molecular weight excluding hydrogens is 395 g/mol. The number of fused-ring (bicyclic) bond motifs is 1. The van der Waals surface area contributed by atoms with Crippen LogP contribution in [-0.2, 0) is 17.9 Å². The van der Waals surface area contributed by atoms with E-state index in [1.165, 1.54) is 24.3 Å². The third kappa shape index (κ3) is 4.61. The molecule has 31 heavy (non-hydrogen) atoms. The number of rotatable bonds is 6. The Kier molecular flexibility index (Phi) is 5.75. The fourth-order valence-electron chi connectivity index (χ4n) is 3.40. The van der Waals surface area contributed by atoms with Crippen LogP contribution in [0.1, 0.15) is 21.7 Å². The van der Waals surface area contributed by atoms with E-state index >= 15 is 0 Å². The number of carbonyl (C=O) groups is 2. The molecule has 0 aliphatic carbocycles. The van der Waals surface area contributed by atoms with Crippen molar-refractivity contribution in [1.82, 2.24) is 14.9 Å². The molecule has 2 N–H and O–H groups in total. The van der Waals surface area contributed by atoms with Crippen LogP contribution in [0.15, 0.2) is 72.8 Å². The third-order valence-corrected chi connectivity index (χ3v) is 4.96. The van der Waals surface area contributed by atoms with E-state index in [9.17, 15) is 14.0 Å². The van der Waals surface area contributed by atoms with Crippen LogP contribution < -0.4 is 10.6 Å². The first-order valence-corrected chi connectivity index (χ1v) is 9.84. The molecule has 0 radical (unpaired) electrons. The Morgan fingerprint density at radius 2 is 1.68 bits per heavy atom. The number of nitrogens with zero attached hydrogens (tertiary/aromatic N) is 2. The Morgan fingerprint density at radius 1 is 0.968 bits per heavy atom. The van der Waals surface area contributed by atoms with E-state index in [0.29, 0.717) is 17.1 Å². The van der Waals surface area contributed by atoms with Crippen LogP contribution >= 0.6 is 0 Å². The van der Waals surface area contributed by atoms with Crippen molar-refractivity contribution < 1.29 is 14.0 Å². The molecule has 3 aromatic carbocycles. The molecule has 0 atom stereocenters. The first-order chi connectivity index (χ1) is 15.0. The van der Waals surface area contributed by atoms with Crippen molar-refractivity contribution in [3.05, 3.63) is 95.6 Å². The molecule has 6 nitrogen and oxygen atoms in total. The Hall–Kier alpha value is -4.00. The van der Waals surface area contributed by atoms with Crippen molar-refractivity contribution in [3.63, 3.8) is 0 Å². The predicted molar refractivity (Wildman–Crippen MR) is 117 cm³/mol. The molecule has 1 heterocycles. The van der Waals surface area contributed by atoms with E-state index in [1.807, 2.05) is 49.4 Å². The number of benzene rings is 3. The van der Waals surface area contributed by atoms with Gasteiger partial charge < -0.3 is 15.2 Å². The van der Waals surface area contributed by atoms with Gasteiger partial charge in [-0.15, -0.1) is 0 Å². The highest BCUT2D eigenvalue weighted by molar-refractivity contribution is 5.95. The smallest absolute Gasteiger partial charge is 0.251 e. The normalized spacial score (nSPS) is 10.8. The molecular formula is C24H21FN4O2. The molecule has 7 heteroatoms. The van der Waals surface area contributed by atoms with Gasteiger partial charge in [0.25, 0.3) is 5.91 Å². The molecule has 4 aromatic rings. The van der Waals surface area contributed by atoms with Gasteiger partial charge in [0.1, 0.15) is 18.2 Å². The van der Waals surface area contributed by atoms with Gasteiger partial charge in [0.15, 0.2) is 0 Å². The molecule has 0 bridgehead atoms. The monoisotopic (exact) mass is 416 g/mol. The molecule has 1 aromatic heterocycles. The largest absolute Gasteiger partial charge is 0.345 e. The first kappa shape index (κ1) is 20.3. The molecule has 0 unspecified atom stereocenters. The number of halogens is 1.